The number of benzene rings is 2. The number of carbonyl (C=O) groups excluding carboxylic acids is 6. The number of hydrogen-bond donors (Lipinski definition) is 4. The van der Waals surface area contributed by atoms with Gasteiger partial charge in [0, 0.05) is 11.5 Å². The average Bonchev–Trinajstić information content (AvgIpc) is 3.06. The van der Waals surface area contributed by atoms with Crippen LogP contribution in [0, 0.1) is 0 Å². The molecule has 4 amide bonds. The van der Waals surface area contributed by atoms with Gasteiger partial charge in [-0.2, -0.15) is 0 Å². The van der Waals surface area contributed by atoms with Crippen LogP contribution in [0.5, 0.6) is 0 Å². The predicted octanol–water partition coefficient (Wildman–Crippen LogP) is 2.32. The summed E-state index contributed by atoms with van der Waals surface area (Å²) in [6.45, 7) is 2.67. The van der Waals surface area contributed by atoms with Crippen LogP contribution in [-0.4, -0.2) is 85.8 Å². The van der Waals surface area contributed by atoms with E-state index in [1.54, 1.807) is 62.4 Å². The molecule has 0 aliphatic rings. The van der Waals surface area contributed by atoms with E-state index in [-0.39, 0.29) is 37.9 Å². The van der Waals surface area contributed by atoms with Crippen molar-refractivity contribution in [1.29, 1.82) is 0 Å². The van der Waals surface area contributed by atoms with Crippen molar-refractivity contribution >= 4 is 57.5 Å². The second-order valence-electron chi connectivity index (χ2n) is 9.13. The molecule has 250 valence electrons. The molecule has 0 unspecified atom stereocenters. The molecular weight excluding hydrogens is 640 g/mol. The largest absolute Gasteiger partial charge is 0.465 e. The van der Waals surface area contributed by atoms with Gasteiger partial charge in [0.25, 0.3) is 0 Å². The molecular formula is C30H38N4O10S2. The lowest BCUT2D eigenvalue weighted by Gasteiger charge is -2.20. The lowest BCUT2D eigenvalue weighted by Crippen LogP contribution is -2.50. The fraction of sp³-hybridized carbons (Fsp3) is 0.400. The molecule has 0 bridgehead atoms. The van der Waals surface area contributed by atoms with Crippen LogP contribution in [0.1, 0.15) is 25.0 Å². The quantitative estimate of drug-likeness (QED) is 0.0736. The summed E-state index contributed by atoms with van der Waals surface area (Å²) in [6.07, 6.45) is -1.71. The van der Waals surface area contributed by atoms with E-state index in [0.29, 0.717) is 0 Å². The number of hydrogen-bond acceptors (Lipinski definition) is 12. The monoisotopic (exact) mass is 678 g/mol. The summed E-state index contributed by atoms with van der Waals surface area (Å²) in [7, 11) is 2.22. The molecule has 0 radical (unpaired) electrons. The van der Waals surface area contributed by atoms with Gasteiger partial charge >= 0.3 is 24.1 Å². The molecule has 0 aliphatic heterocycles. The number of carbonyl (C=O) groups is 6. The Hall–Kier alpha value is -4.44. The summed E-state index contributed by atoms with van der Waals surface area (Å²) in [6, 6.07) is 15.6. The van der Waals surface area contributed by atoms with Crippen molar-refractivity contribution in [2.24, 2.45) is 0 Å². The molecule has 2 rings (SSSR count). The van der Waals surface area contributed by atoms with Gasteiger partial charge in [-0.3, -0.25) is 19.2 Å². The van der Waals surface area contributed by atoms with Gasteiger partial charge in [-0.25, -0.2) is 9.59 Å². The van der Waals surface area contributed by atoms with Crippen LogP contribution in [0.25, 0.3) is 0 Å². The molecule has 0 fully saturated rings. The Kier molecular flexibility index (Phi) is 18.2. The Morgan fingerprint density at radius 1 is 0.587 bits per heavy atom. The van der Waals surface area contributed by atoms with Crippen LogP contribution in [0.15, 0.2) is 60.7 Å². The normalized spacial score (nSPS) is 11.6. The Bertz CT molecular complexity index is 1170. The van der Waals surface area contributed by atoms with E-state index in [4.69, 9.17) is 18.9 Å². The molecule has 4 N–H and O–H groups in total. The standard InChI is InChI=1S/C30H38N4O10S2/c1-3-41-25(35)15-31-27(37)23(33-29(39)43-17-21-11-7-5-8-12-21)19-45-46-20-24(28(38)32-16-26(36)42-4-2)34-30(40)44-18-22-13-9-6-10-14-22/h5-14,23-24H,3-4,15-20H2,1-2H3,(H,31,37)(H,32,38)(H,33,39)(H,34,40)/t23-,24-/m0/s1. The molecule has 2 aromatic carbocycles. The van der Waals surface area contributed by atoms with E-state index in [1.165, 1.54) is 0 Å². The second kappa shape index (κ2) is 22.1. The molecule has 46 heavy (non-hydrogen) atoms. The highest BCUT2D eigenvalue weighted by Crippen LogP contribution is 2.23. The zero-order chi connectivity index (χ0) is 33.6. The molecule has 0 spiro atoms. The van der Waals surface area contributed by atoms with Gasteiger partial charge in [0.15, 0.2) is 0 Å². The third kappa shape index (κ3) is 16.0. The van der Waals surface area contributed by atoms with Crippen LogP contribution in [0.4, 0.5) is 9.59 Å². The molecule has 0 heterocycles. The van der Waals surface area contributed by atoms with Crippen molar-refractivity contribution in [3.05, 3.63) is 71.8 Å². The van der Waals surface area contributed by atoms with E-state index in [9.17, 15) is 28.8 Å². The highest BCUT2D eigenvalue weighted by atomic mass is 33.1. The van der Waals surface area contributed by atoms with Crippen LogP contribution < -0.4 is 21.3 Å². The molecule has 0 saturated carbocycles. The third-order valence-electron chi connectivity index (χ3n) is 5.62. The second-order valence-corrected chi connectivity index (χ2v) is 11.7. The van der Waals surface area contributed by atoms with E-state index >= 15 is 0 Å². The van der Waals surface area contributed by atoms with Gasteiger partial charge in [-0.1, -0.05) is 82.3 Å². The number of nitrogens with one attached hydrogen (secondary N) is 4. The van der Waals surface area contributed by atoms with Crippen LogP contribution >= 0.6 is 21.6 Å². The Labute approximate surface area is 274 Å². The smallest absolute Gasteiger partial charge is 0.408 e. The van der Waals surface area contributed by atoms with Crippen molar-refractivity contribution < 1.29 is 47.7 Å². The first-order valence-corrected chi connectivity index (χ1v) is 16.8. The number of amides is 4. The van der Waals surface area contributed by atoms with Gasteiger partial charge in [0.1, 0.15) is 38.4 Å². The number of esters is 2. The fourth-order valence-electron chi connectivity index (χ4n) is 3.40. The van der Waals surface area contributed by atoms with E-state index in [1.807, 2.05) is 12.1 Å². The maximum Gasteiger partial charge on any atom is 0.408 e. The maximum atomic E-state index is 12.8. The van der Waals surface area contributed by atoms with Gasteiger partial charge in [-0.15, -0.1) is 0 Å². The Balaban J connectivity index is 1.98. The minimum absolute atomic E-state index is 0.00458. The number of alkyl carbamates (subject to hydrolysis) is 2. The molecule has 16 heteroatoms. The molecule has 0 aliphatic carbocycles. The van der Waals surface area contributed by atoms with Gasteiger partial charge in [-0.05, 0) is 25.0 Å². The summed E-state index contributed by atoms with van der Waals surface area (Å²) >= 11 is 0. The van der Waals surface area contributed by atoms with Crippen molar-refractivity contribution in [2.45, 2.75) is 39.1 Å². The van der Waals surface area contributed by atoms with Crippen molar-refractivity contribution in [1.82, 2.24) is 21.3 Å². The molecule has 0 saturated heterocycles. The first-order valence-electron chi connectivity index (χ1n) is 14.3. The van der Waals surface area contributed by atoms with E-state index in [0.717, 1.165) is 32.7 Å². The summed E-state index contributed by atoms with van der Waals surface area (Å²) < 4.78 is 20.1. The fourth-order valence-corrected chi connectivity index (χ4v) is 5.73. The zero-order valence-electron chi connectivity index (χ0n) is 25.5. The summed E-state index contributed by atoms with van der Waals surface area (Å²) in [5.74, 6) is -2.63. The van der Waals surface area contributed by atoms with Crippen molar-refractivity contribution in [3.8, 4) is 0 Å². The molecule has 0 aromatic heterocycles. The lowest BCUT2D eigenvalue weighted by molar-refractivity contribution is -0.144. The van der Waals surface area contributed by atoms with Crippen molar-refractivity contribution in [3.63, 3.8) is 0 Å². The molecule has 14 nitrogen and oxygen atoms in total. The summed E-state index contributed by atoms with van der Waals surface area (Å²) in [4.78, 5) is 74.1. The minimum Gasteiger partial charge on any atom is -0.465 e. The Morgan fingerprint density at radius 2 is 0.957 bits per heavy atom. The lowest BCUT2D eigenvalue weighted by atomic mass is 10.2. The highest BCUT2D eigenvalue weighted by Gasteiger charge is 2.25. The van der Waals surface area contributed by atoms with Crippen LogP contribution in [0.2, 0.25) is 0 Å². The van der Waals surface area contributed by atoms with Crippen LogP contribution in [0.3, 0.4) is 0 Å². The van der Waals surface area contributed by atoms with Gasteiger partial charge in [0.2, 0.25) is 11.8 Å². The highest BCUT2D eigenvalue weighted by molar-refractivity contribution is 8.76. The summed E-state index contributed by atoms with van der Waals surface area (Å²) in [5.41, 5.74) is 1.49. The molecule has 2 atom stereocenters. The number of rotatable bonds is 19. The predicted molar refractivity (Wildman–Crippen MR) is 171 cm³/mol. The average molecular weight is 679 g/mol. The first kappa shape index (κ1) is 37.7. The minimum atomic E-state index is -1.13. The molecule has 2 aromatic rings. The van der Waals surface area contributed by atoms with Crippen LogP contribution in [-0.2, 0) is 51.3 Å². The SMILES string of the molecule is CCOC(=O)CNC(=O)[C@H](CSSC[C@H](NC(=O)OCc1ccccc1)C(=O)NCC(=O)OCC)NC(=O)OCc1ccccc1. The summed E-state index contributed by atoms with van der Waals surface area (Å²) in [5, 5.41) is 9.80. The Morgan fingerprint density at radius 3 is 1.30 bits per heavy atom. The van der Waals surface area contributed by atoms with Gasteiger partial charge in [0.05, 0.1) is 13.2 Å². The third-order valence-corrected chi connectivity index (χ3v) is 8.04. The van der Waals surface area contributed by atoms with Gasteiger partial charge < -0.3 is 40.2 Å². The first-order chi connectivity index (χ1) is 22.2. The van der Waals surface area contributed by atoms with E-state index < -0.39 is 61.1 Å². The topological polar surface area (TPSA) is 187 Å². The zero-order valence-corrected chi connectivity index (χ0v) is 27.1. The van der Waals surface area contributed by atoms with Crippen molar-refractivity contribution in [2.75, 3.05) is 37.8 Å². The maximum absolute atomic E-state index is 12.8. The van der Waals surface area contributed by atoms with E-state index in [2.05, 4.69) is 21.3 Å². The number of ether oxygens (including phenoxy) is 4.